The molecule has 1 heteroatoms. The Morgan fingerprint density at radius 1 is 1.27 bits per heavy atom. The van der Waals surface area contributed by atoms with Crippen LogP contribution in [0.2, 0.25) is 0 Å². The van der Waals surface area contributed by atoms with Crippen LogP contribution in [0.15, 0.2) is 23.3 Å². The van der Waals surface area contributed by atoms with Gasteiger partial charge in [-0.05, 0) is 35.3 Å². The first kappa shape index (κ1) is 10.7. The number of fused-ring (bicyclic) bond motifs is 1. The molecule has 0 fully saturated rings. The summed E-state index contributed by atoms with van der Waals surface area (Å²) in [5, 5.41) is 0. The summed E-state index contributed by atoms with van der Waals surface area (Å²) in [6.45, 7) is 9.05. The second kappa shape index (κ2) is 3.07. The third kappa shape index (κ3) is 1.68. The summed E-state index contributed by atoms with van der Waals surface area (Å²) in [6, 6.07) is 0. The van der Waals surface area contributed by atoms with Crippen molar-refractivity contribution in [1.82, 2.24) is 0 Å². The Morgan fingerprint density at radius 3 is 2.53 bits per heavy atom. The maximum absolute atomic E-state index is 11.5. The molecule has 1 nitrogen and oxygen atoms in total. The topological polar surface area (TPSA) is 17.1 Å². The molecule has 0 spiro atoms. The molecule has 0 bridgehead atoms. The van der Waals surface area contributed by atoms with Gasteiger partial charge in [-0.2, -0.15) is 0 Å². The summed E-state index contributed by atoms with van der Waals surface area (Å²) in [5.74, 6) is 0.288. The number of hydrogen-bond donors (Lipinski definition) is 0. The molecule has 82 valence electrons. The molecule has 0 unspecified atom stereocenters. The highest BCUT2D eigenvalue weighted by Gasteiger charge is 2.41. The molecular weight excluding hydrogens is 184 g/mol. The van der Waals surface area contributed by atoms with Crippen molar-refractivity contribution in [3.05, 3.63) is 23.3 Å². The quantitative estimate of drug-likeness (QED) is 0.588. The first-order chi connectivity index (χ1) is 6.83. The molecular formula is C14H20O. The standard InChI is InChI=1S/C14H20O/c1-13(2,3)11-7-8-14(4)9-10(15)5-6-12(11)14/h5-6H,7-9H2,1-4H3/t14-/m0/s1. The Labute approximate surface area is 92.3 Å². The number of rotatable bonds is 0. The first-order valence-corrected chi connectivity index (χ1v) is 5.78. The van der Waals surface area contributed by atoms with Crippen LogP contribution in [0.3, 0.4) is 0 Å². The fourth-order valence-corrected chi connectivity index (χ4v) is 2.92. The van der Waals surface area contributed by atoms with E-state index >= 15 is 0 Å². The van der Waals surface area contributed by atoms with E-state index in [1.54, 1.807) is 11.6 Å². The van der Waals surface area contributed by atoms with E-state index in [0.717, 1.165) is 12.8 Å². The van der Waals surface area contributed by atoms with Gasteiger partial charge in [-0.3, -0.25) is 4.79 Å². The lowest BCUT2D eigenvalue weighted by Gasteiger charge is -2.30. The van der Waals surface area contributed by atoms with Crippen LogP contribution in [0.5, 0.6) is 0 Å². The lowest BCUT2D eigenvalue weighted by atomic mass is 9.74. The van der Waals surface area contributed by atoms with Gasteiger partial charge in [-0.15, -0.1) is 0 Å². The van der Waals surface area contributed by atoms with Gasteiger partial charge in [0.1, 0.15) is 0 Å². The lowest BCUT2D eigenvalue weighted by Crippen LogP contribution is -2.23. The highest BCUT2D eigenvalue weighted by atomic mass is 16.1. The molecule has 2 aliphatic carbocycles. The molecule has 0 aliphatic heterocycles. The average molecular weight is 204 g/mol. The summed E-state index contributed by atoms with van der Waals surface area (Å²) in [5.41, 5.74) is 3.37. The Morgan fingerprint density at radius 2 is 1.93 bits per heavy atom. The summed E-state index contributed by atoms with van der Waals surface area (Å²) >= 11 is 0. The fourth-order valence-electron chi connectivity index (χ4n) is 2.92. The van der Waals surface area contributed by atoms with Gasteiger partial charge in [0.25, 0.3) is 0 Å². The fraction of sp³-hybridized carbons (Fsp3) is 0.643. The highest BCUT2D eigenvalue weighted by molar-refractivity contribution is 5.92. The molecule has 15 heavy (non-hydrogen) atoms. The van der Waals surface area contributed by atoms with Crippen molar-refractivity contribution in [2.75, 3.05) is 0 Å². The monoisotopic (exact) mass is 204 g/mol. The molecule has 0 aromatic rings. The normalized spacial score (nSPS) is 31.1. The van der Waals surface area contributed by atoms with E-state index in [1.807, 2.05) is 0 Å². The minimum absolute atomic E-state index is 0.133. The lowest BCUT2D eigenvalue weighted by molar-refractivity contribution is -0.116. The van der Waals surface area contributed by atoms with Crippen molar-refractivity contribution >= 4 is 5.78 Å². The molecule has 2 rings (SSSR count). The predicted molar refractivity (Wildman–Crippen MR) is 62.6 cm³/mol. The molecule has 0 N–H and O–H groups in total. The zero-order chi connectivity index (χ0) is 11.3. The molecule has 2 aliphatic rings. The van der Waals surface area contributed by atoms with Gasteiger partial charge in [0.05, 0.1) is 0 Å². The van der Waals surface area contributed by atoms with E-state index in [9.17, 15) is 4.79 Å². The van der Waals surface area contributed by atoms with Gasteiger partial charge in [-0.25, -0.2) is 0 Å². The van der Waals surface area contributed by atoms with Gasteiger partial charge < -0.3 is 0 Å². The predicted octanol–water partition coefficient (Wildman–Crippen LogP) is 3.66. The van der Waals surface area contributed by atoms with Crippen molar-refractivity contribution < 1.29 is 4.79 Å². The molecule has 1 atom stereocenters. The van der Waals surface area contributed by atoms with Crippen LogP contribution in [0.25, 0.3) is 0 Å². The van der Waals surface area contributed by atoms with Crippen LogP contribution in [0, 0.1) is 10.8 Å². The third-order valence-electron chi connectivity index (χ3n) is 3.81. The number of ketones is 1. The van der Waals surface area contributed by atoms with E-state index in [4.69, 9.17) is 0 Å². The molecule has 0 aromatic heterocycles. The number of allylic oxidation sites excluding steroid dienone is 4. The van der Waals surface area contributed by atoms with Gasteiger partial charge in [0.2, 0.25) is 0 Å². The Hall–Kier alpha value is -0.850. The van der Waals surface area contributed by atoms with E-state index in [-0.39, 0.29) is 16.6 Å². The van der Waals surface area contributed by atoms with Gasteiger partial charge in [0.15, 0.2) is 5.78 Å². The number of carbonyl (C=O) groups is 1. The van der Waals surface area contributed by atoms with E-state index < -0.39 is 0 Å². The summed E-state index contributed by atoms with van der Waals surface area (Å²) in [7, 11) is 0. The summed E-state index contributed by atoms with van der Waals surface area (Å²) < 4.78 is 0. The third-order valence-corrected chi connectivity index (χ3v) is 3.81. The van der Waals surface area contributed by atoms with Crippen molar-refractivity contribution in [1.29, 1.82) is 0 Å². The first-order valence-electron chi connectivity index (χ1n) is 5.78. The molecule has 0 amide bonds. The van der Waals surface area contributed by atoms with Crippen molar-refractivity contribution in [2.24, 2.45) is 10.8 Å². The van der Waals surface area contributed by atoms with E-state index in [0.29, 0.717) is 6.42 Å². The van der Waals surface area contributed by atoms with Gasteiger partial charge in [-0.1, -0.05) is 39.3 Å². The van der Waals surface area contributed by atoms with Crippen molar-refractivity contribution in [3.63, 3.8) is 0 Å². The van der Waals surface area contributed by atoms with E-state index in [2.05, 4.69) is 33.8 Å². The second-order valence-corrected chi connectivity index (χ2v) is 6.18. The minimum atomic E-state index is 0.133. The SMILES string of the molecule is CC(C)(C)C1=C2C=CC(=O)C[C@]2(C)CC1. The van der Waals surface area contributed by atoms with Crippen LogP contribution in [0.1, 0.15) is 47.0 Å². The Balaban J connectivity index is 2.50. The average Bonchev–Trinajstić information content (AvgIpc) is 2.39. The van der Waals surface area contributed by atoms with Crippen LogP contribution in [-0.2, 0) is 4.79 Å². The highest BCUT2D eigenvalue weighted by Crippen LogP contribution is 2.52. The number of carbonyl (C=O) groups excluding carboxylic acids is 1. The van der Waals surface area contributed by atoms with Crippen LogP contribution >= 0.6 is 0 Å². The van der Waals surface area contributed by atoms with Gasteiger partial charge in [0, 0.05) is 6.42 Å². The molecule has 0 aromatic carbocycles. The van der Waals surface area contributed by atoms with Crippen molar-refractivity contribution in [3.8, 4) is 0 Å². The van der Waals surface area contributed by atoms with Crippen LogP contribution in [-0.4, -0.2) is 5.78 Å². The minimum Gasteiger partial charge on any atom is -0.295 e. The molecule has 0 radical (unpaired) electrons. The largest absolute Gasteiger partial charge is 0.295 e. The zero-order valence-corrected chi connectivity index (χ0v) is 10.2. The zero-order valence-electron chi connectivity index (χ0n) is 10.2. The molecule has 0 saturated heterocycles. The molecule has 0 heterocycles. The summed E-state index contributed by atoms with van der Waals surface area (Å²) in [6.07, 6.45) is 6.84. The number of hydrogen-bond acceptors (Lipinski definition) is 1. The smallest absolute Gasteiger partial charge is 0.156 e. The van der Waals surface area contributed by atoms with E-state index in [1.165, 1.54) is 5.57 Å². The Bertz CT molecular complexity index is 365. The summed E-state index contributed by atoms with van der Waals surface area (Å²) in [4.78, 5) is 11.5. The van der Waals surface area contributed by atoms with Crippen LogP contribution < -0.4 is 0 Å². The van der Waals surface area contributed by atoms with Crippen LogP contribution in [0.4, 0.5) is 0 Å². The maximum Gasteiger partial charge on any atom is 0.156 e. The van der Waals surface area contributed by atoms with Gasteiger partial charge >= 0.3 is 0 Å². The second-order valence-electron chi connectivity index (χ2n) is 6.18. The molecule has 0 saturated carbocycles. The Kier molecular flexibility index (Phi) is 2.18. The maximum atomic E-state index is 11.5. The van der Waals surface area contributed by atoms with Crippen molar-refractivity contribution in [2.45, 2.75) is 47.0 Å².